The molecular formula is C9H8O3. The fourth-order valence-corrected chi connectivity index (χ4v) is 1.92. The zero-order valence-electron chi connectivity index (χ0n) is 6.45. The lowest BCUT2D eigenvalue weighted by Gasteiger charge is -2.25. The van der Waals surface area contributed by atoms with Crippen molar-refractivity contribution in [3.63, 3.8) is 0 Å². The van der Waals surface area contributed by atoms with Crippen molar-refractivity contribution in [2.45, 2.75) is 11.7 Å². The van der Waals surface area contributed by atoms with Crippen molar-refractivity contribution >= 4 is 5.78 Å². The Balaban J connectivity index is 2.15. The highest BCUT2D eigenvalue weighted by atomic mass is 16.6. The molecular weight excluding hydrogens is 156 g/mol. The van der Waals surface area contributed by atoms with Gasteiger partial charge in [0, 0.05) is 0 Å². The minimum atomic E-state index is -0.376. The van der Waals surface area contributed by atoms with E-state index in [1.807, 2.05) is 12.2 Å². The molecule has 2 atom stereocenters. The molecule has 0 aliphatic carbocycles. The first-order valence-corrected chi connectivity index (χ1v) is 4.00. The van der Waals surface area contributed by atoms with E-state index in [-0.39, 0.29) is 17.5 Å². The second kappa shape index (κ2) is 1.87. The third kappa shape index (κ3) is 0.612. The Kier molecular flexibility index (Phi) is 1.02. The van der Waals surface area contributed by atoms with E-state index in [4.69, 9.17) is 9.47 Å². The molecule has 0 aromatic rings. The van der Waals surface area contributed by atoms with E-state index < -0.39 is 0 Å². The minimum absolute atomic E-state index is 0.0440. The highest BCUT2D eigenvalue weighted by molar-refractivity contribution is 5.97. The summed E-state index contributed by atoms with van der Waals surface area (Å²) in [5.74, 6) is 0.0440. The molecule has 1 spiro atoms. The molecule has 12 heavy (non-hydrogen) atoms. The van der Waals surface area contributed by atoms with Crippen molar-refractivity contribution in [2.75, 3.05) is 13.2 Å². The second-order valence-electron chi connectivity index (χ2n) is 3.35. The molecule has 3 heteroatoms. The summed E-state index contributed by atoms with van der Waals surface area (Å²) in [5, 5.41) is 0. The minimum Gasteiger partial charge on any atom is -0.373 e. The van der Waals surface area contributed by atoms with Crippen LogP contribution in [0.3, 0.4) is 0 Å². The summed E-state index contributed by atoms with van der Waals surface area (Å²) in [4.78, 5) is 11.2. The lowest BCUT2D eigenvalue weighted by molar-refractivity contribution is -0.129. The van der Waals surface area contributed by atoms with Gasteiger partial charge in [0.05, 0.1) is 13.2 Å². The summed E-state index contributed by atoms with van der Waals surface area (Å²) in [7, 11) is 0. The van der Waals surface area contributed by atoms with Gasteiger partial charge in [-0.2, -0.15) is 0 Å². The smallest absolute Gasteiger partial charge is 0.188 e. The van der Waals surface area contributed by atoms with Crippen molar-refractivity contribution in [3.05, 3.63) is 23.8 Å². The number of carbonyl (C=O) groups is 1. The fourth-order valence-electron chi connectivity index (χ4n) is 1.92. The van der Waals surface area contributed by atoms with Gasteiger partial charge in [0.15, 0.2) is 5.78 Å². The van der Waals surface area contributed by atoms with Crippen molar-refractivity contribution in [1.29, 1.82) is 0 Å². The lowest BCUT2D eigenvalue weighted by Crippen LogP contribution is -2.36. The highest BCUT2D eigenvalue weighted by Crippen LogP contribution is 2.40. The number of hydrogen-bond acceptors (Lipinski definition) is 3. The van der Waals surface area contributed by atoms with Crippen molar-refractivity contribution in [2.24, 2.45) is 0 Å². The third-order valence-corrected chi connectivity index (χ3v) is 2.60. The Morgan fingerprint density at radius 2 is 2.50 bits per heavy atom. The maximum Gasteiger partial charge on any atom is 0.188 e. The Bertz CT molecular complexity index is 316. The lowest BCUT2D eigenvalue weighted by atomic mass is 9.98. The molecule has 0 amide bonds. The normalized spacial score (nSPS) is 43.2. The van der Waals surface area contributed by atoms with Crippen molar-refractivity contribution < 1.29 is 14.3 Å². The first-order chi connectivity index (χ1) is 5.80. The van der Waals surface area contributed by atoms with Gasteiger partial charge in [-0.25, -0.2) is 0 Å². The van der Waals surface area contributed by atoms with Crippen LogP contribution < -0.4 is 0 Å². The third-order valence-electron chi connectivity index (χ3n) is 2.60. The van der Waals surface area contributed by atoms with Crippen LogP contribution in [0, 0.1) is 0 Å². The molecule has 3 rings (SSSR count). The van der Waals surface area contributed by atoms with Crippen LogP contribution in [0.2, 0.25) is 0 Å². The first-order valence-electron chi connectivity index (χ1n) is 4.00. The molecule has 0 saturated carbocycles. The van der Waals surface area contributed by atoms with E-state index in [1.54, 1.807) is 6.08 Å². The average Bonchev–Trinajstić information content (AvgIpc) is 2.52. The van der Waals surface area contributed by atoms with Crippen LogP contribution >= 0.6 is 0 Å². The summed E-state index contributed by atoms with van der Waals surface area (Å²) >= 11 is 0. The maximum absolute atomic E-state index is 11.2. The number of hydrogen-bond donors (Lipinski definition) is 0. The zero-order chi connectivity index (χ0) is 8.18. The van der Waals surface area contributed by atoms with Gasteiger partial charge in [0.1, 0.15) is 11.7 Å². The van der Waals surface area contributed by atoms with Gasteiger partial charge < -0.3 is 9.47 Å². The van der Waals surface area contributed by atoms with Crippen molar-refractivity contribution in [3.8, 4) is 0 Å². The summed E-state index contributed by atoms with van der Waals surface area (Å²) in [6.45, 7) is 1.16. The van der Waals surface area contributed by atoms with Crippen molar-refractivity contribution in [1.82, 2.24) is 0 Å². The highest BCUT2D eigenvalue weighted by Gasteiger charge is 2.48. The molecule has 0 N–H and O–H groups in total. The summed E-state index contributed by atoms with van der Waals surface area (Å²) in [5.41, 5.74) is 0.730. The van der Waals surface area contributed by atoms with E-state index in [0.29, 0.717) is 13.2 Å². The summed E-state index contributed by atoms with van der Waals surface area (Å²) in [6, 6.07) is 0. The van der Waals surface area contributed by atoms with Crippen LogP contribution in [0.15, 0.2) is 23.8 Å². The van der Waals surface area contributed by atoms with Gasteiger partial charge >= 0.3 is 0 Å². The van der Waals surface area contributed by atoms with Crippen LogP contribution in [0.25, 0.3) is 0 Å². The number of rotatable bonds is 0. The van der Waals surface area contributed by atoms with Crippen LogP contribution in [0.1, 0.15) is 0 Å². The molecule has 3 nitrogen and oxygen atoms in total. The fraction of sp³-hybridized carbons (Fsp3) is 0.444. The SMILES string of the molecule is O=C1C=C[C@@]23COCC2=C[C@@H]1O3. The van der Waals surface area contributed by atoms with Gasteiger partial charge in [0.2, 0.25) is 0 Å². The van der Waals surface area contributed by atoms with E-state index in [1.165, 1.54) is 0 Å². The summed E-state index contributed by atoms with van der Waals surface area (Å²) < 4.78 is 10.8. The standard InChI is InChI=1S/C9H8O3/c10-7-1-2-9-5-11-4-6(9)3-8(7)12-9/h1-3,8H,4-5H2/t8-,9+/m0/s1. The van der Waals surface area contributed by atoms with E-state index >= 15 is 0 Å². The molecule has 0 unspecified atom stereocenters. The topological polar surface area (TPSA) is 35.5 Å². The Morgan fingerprint density at radius 3 is 3.42 bits per heavy atom. The molecule has 2 bridgehead atoms. The molecule has 62 valence electrons. The molecule has 0 aromatic carbocycles. The predicted molar refractivity (Wildman–Crippen MR) is 40.7 cm³/mol. The maximum atomic E-state index is 11.2. The Morgan fingerprint density at radius 1 is 1.58 bits per heavy atom. The summed E-state index contributed by atoms with van der Waals surface area (Å²) in [6.07, 6.45) is 4.97. The van der Waals surface area contributed by atoms with E-state index in [0.717, 1.165) is 5.57 Å². The monoisotopic (exact) mass is 164 g/mol. The van der Waals surface area contributed by atoms with Crippen LogP contribution in [0.4, 0.5) is 0 Å². The Hall–Kier alpha value is -0.930. The average molecular weight is 164 g/mol. The number of fused-ring (bicyclic) bond motifs is 1. The molecule has 3 aliphatic heterocycles. The number of ether oxygens (including phenoxy) is 2. The van der Waals surface area contributed by atoms with Gasteiger partial charge in [-0.3, -0.25) is 4.79 Å². The van der Waals surface area contributed by atoms with E-state index in [9.17, 15) is 4.79 Å². The Labute approximate surface area is 69.7 Å². The molecule has 1 fully saturated rings. The second-order valence-corrected chi connectivity index (χ2v) is 3.35. The molecule has 0 aromatic heterocycles. The van der Waals surface area contributed by atoms with Gasteiger partial charge in [-0.1, -0.05) is 0 Å². The van der Waals surface area contributed by atoms with Crippen LogP contribution in [0.5, 0.6) is 0 Å². The molecule has 0 radical (unpaired) electrons. The zero-order valence-corrected chi connectivity index (χ0v) is 6.45. The molecule has 1 saturated heterocycles. The molecule has 3 aliphatic rings. The predicted octanol–water partition coefficient (Wildman–Crippen LogP) is 0.219. The molecule has 3 heterocycles. The largest absolute Gasteiger partial charge is 0.373 e. The first kappa shape index (κ1) is 6.57. The van der Waals surface area contributed by atoms with Gasteiger partial charge in [-0.15, -0.1) is 0 Å². The number of carbonyl (C=O) groups excluding carboxylic acids is 1. The van der Waals surface area contributed by atoms with Crippen LogP contribution in [-0.2, 0) is 14.3 Å². The van der Waals surface area contributed by atoms with E-state index in [2.05, 4.69) is 0 Å². The van der Waals surface area contributed by atoms with Gasteiger partial charge in [0.25, 0.3) is 0 Å². The van der Waals surface area contributed by atoms with Crippen LogP contribution in [-0.4, -0.2) is 30.7 Å². The van der Waals surface area contributed by atoms with Gasteiger partial charge in [-0.05, 0) is 23.8 Å². The quantitative estimate of drug-likeness (QED) is 0.480. The number of ketones is 1.